The van der Waals surface area contributed by atoms with Gasteiger partial charge >= 0.3 is 0 Å². The Labute approximate surface area is 140 Å². The van der Waals surface area contributed by atoms with Crippen LogP contribution in [0.2, 0.25) is 0 Å². The smallest absolute Gasteiger partial charge is 0.129 e. The van der Waals surface area contributed by atoms with Gasteiger partial charge < -0.3 is 4.74 Å². The Balaban J connectivity index is 2.36. The number of rotatable bonds is 13. The molecule has 0 aliphatic carbocycles. The van der Waals surface area contributed by atoms with Crippen LogP contribution in [0, 0.1) is 11.6 Å². The van der Waals surface area contributed by atoms with Crippen LogP contribution < -0.4 is 0 Å². The Morgan fingerprint density at radius 1 is 0.913 bits per heavy atom. The molecule has 1 aromatic rings. The van der Waals surface area contributed by atoms with Crippen LogP contribution in [0.4, 0.5) is 8.78 Å². The highest BCUT2D eigenvalue weighted by Gasteiger charge is 2.13. The lowest BCUT2D eigenvalue weighted by Gasteiger charge is -2.18. The van der Waals surface area contributed by atoms with Crippen LogP contribution >= 0.6 is 0 Å². The molecule has 0 aliphatic heterocycles. The third-order valence-corrected chi connectivity index (χ3v) is 4.15. The van der Waals surface area contributed by atoms with Gasteiger partial charge in [0.15, 0.2) is 0 Å². The summed E-state index contributed by atoms with van der Waals surface area (Å²) in [4.78, 5) is 0. The zero-order chi connectivity index (χ0) is 16.9. The zero-order valence-electron chi connectivity index (χ0n) is 14.8. The first kappa shape index (κ1) is 20.1. The molecular weight excluding hydrogens is 294 g/mol. The van der Waals surface area contributed by atoms with E-state index in [2.05, 4.69) is 13.8 Å². The number of hydrogen-bond donors (Lipinski definition) is 0. The van der Waals surface area contributed by atoms with E-state index in [4.69, 9.17) is 4.74 Å². The molecule has 23 heavy (non-hydrogen) atoms. The third-order valence-electron chi connectivity index (χ3n) is 4.15. The second-order valence-electron chi connectivity index (χ2n) is 6.34. The molecule has 1 atom stereocenters. The van der Waals surface area contributed by atoms with Gasteiger partial charge in [-0.15, -0.1) is 0 Å². The fourth-order valence-electron chi connectivity index (χ4n) is 2.79. The molecule has 0 bridgehead atoms. The maximum Gasteiger partial charge on any atom is 0.129 e. The predicted molar refractivity (Wildman–Crippen MR) is 92.7 cm³/mol. The molecule has 0 spiro atoms. The van der Waals surface area contributed by atoms with Gasteiger partial charge in [0.25, 0.3) is 0 Å². The highest BCUT2D eigenvalue weighted by Crippen LogP contribution is 2.18. The molecule has 1 nitrogen and oxygen atoms in total. The fraction of sp³-hybridized carbons (Fsp3) is 0.700. The largest absolute Gasteiger partial charge is 0.378 e. The summed E-state index contributed by atoms with van der Waals surface area (Å²) in [7, 11) is 0. The van der Waals surface area contributed by atoms with Crippen LogP contribution in [0.3, 0.4) is 0 Å². The monoisotopic (exact) mass is 326 g/mol. The molecule has 0 saturated carbocycles. The minimum Gasteiger partial charge on any atom is -0.378 e. The molecule has 0 heterocycles. The first-order valence-corrected chi connectivity index (χ1v) is 9.22. The zero-order valence-corrected chi connectivity index (χ0v) is 14.8. The van der Waals surface area contributed by atoms with Crippen molar-refractivity contribution in [1.82, 2.24) is 0 Å². The second kappa shape index (κ2) is 12.5. The van der Waals surface area contributed by atoms with Gasteiger partial charge in [0, 0.05) is 19.1 Å². The number of hydrogen-bond acceptors (Lipinski definition) is 1. The van der Waals surface area contributed by atoms with Crippen molar-refractivity contribution < 1.29 is 13.5 Å². The topological polar surface area (TPSA) is 9.23 Å². The van der Waals surface area contributed by atoms with E-state index in [1.807, 2.05) is 0 Å². The van der Waals surface area contributed by atoms with Crippen LogP contribution in [0.1, 0.15) is 77.2 Å². The van der Waals surface area contributed by atoms with Crippen LogP contribution in [0.5, 0.6) is 0 Å². The normalized spacial score (nSPS) is 12.5. The molecule has 1 aromatic carbocycles. The summed E-state index contributed by atoms with van der Waals surface area (Å²) in [6, 6.07) is 3.82. The molecule has 0 radical (unpaired) electrons. The third kappa shape index (κ3) is 9.04. The molecule has 0 N–H and O–H groups in total. The Kier molecular flexibility index (Phi) is 10.9. The van der Waals surface area contributed by atoms with E-state index in [1.54, 1.807) is 0 Å². The molecule has 0 fully saturated rings. The summed E-state index contributed by atoms with van der Waals surface area (Å²) < 4.78 is 32.7. The summed E-state index contributed by atoms with van der Waals surface area (Å²) in [5.41, 5.74) is 0.551. The van der Waals surface area contributed by atoms with Gasteiger partial charge in [0.1, 0.15) is 11.6 Å². The maximum atomic E-state index is 13.8. The number of halogens is 2. The van der Waals surface area contributed by atoms with E-state index in [0.29, 0.717) is 18.6 Å². The van der Waals surface area contributed by atoms with Crippen molar-refractivity contribution in [2.24, 2.45) is 0 Å². The summed E-state index contributed by atoms with van der Waals surface area (Å²) >= 11 is 0. The van der Waals surface area contributed by atoms with Crippen molar-refractivity contribution in [2.45, 2.75) is 84.2 Å². The van der Waals surface area contributed by atoms with Crippen molar-refractivity contribution in [1.29, 1.82) is 0 Å². The molecule has 1 rings (SSSR count). The van der Waals surface area contributed by atoms with E-state index in [0.717, 1.165) is 25.3 Å². The van der Waals surface area contributed by atoms with E-state index < -0.39 is 11.6 Å². The number of benzene rings is 1. The van der Waals surface area contributed by atoms with Gasteiger partial charge in [-0.1, -0.05) is 64.9 Å². The van der Waals surface area contributed by atoms with Gasteiger partial charge in [-0.2, -0.15) is 0 Å². The highest BCUT2D eigenvalue weighted by atomic mass is 19.1. The minimum absolute atomic E-state index is 0.0329. The van der Waals surface area contributed by atoms with E-state index in [9.17, 15) is 8.78 Å². The van der Waals surface area contributed by atoms with Crippen molar-refractivity contribution in [3.05, 3.63) is 35.4 Å². The molecule has 132 valence electrons. The van der Waals surface area contributed by atoms with Crippen LogP contribution in [0.25, 0.3) is 0 Å². The van der Waals surface area contributed by atoms with Gasteiger partial charge in [0.05, 0.1) is 6.10 Å². The summed E-state index contributed by atoms with van der Waals surface area (Å²) in [6.07, 6.45) is 11.3. The molecule has 0 amide bonds. The van der Waals surface area contributed by atoms with Gasteiger partial charge in [-0.25, -0.2) is 8.78 Å². The van der Waals surface area contributed by atoms with E-state index >= 15 is 0 Å². The minimum atomic E-state index is -0.524. The fourth-order valence-corrected chi connectivity index (χ4v) is 2.79. The van der Waals surface area contributed by atoms with Crippen molar-refractivity contribution in [3.8, 4) is 0 Å². The van der Waals surface area contributed by atoms with Gasteiger partial charge in [0.2, 0.25) is 0 Å². The summed E-state index contributed by atoms with van der Waals surface area (Å²) in [5, 5.41) is 0. The standard InChI is InChI=1S/C20H32F2O/c1-3-5-6-7-8-9-10-11-19(23-14-4-2)15-17-12-13-18(21)16-20(17)22/h12-13,16,19H,3-11,14-15H2,1-2H3. The van der Waals surface area contributed by atoms with Crippen LogP contribution in [-0.4, -0.2) is 12.7 Å². The highest BCUT2D eigenvalue weighted by molar-refractivity contribution is 5.19. The Morgan fingerprint density at radius 2 is 1.61 bits per heavy atom. The number of unbranched alkanes of at least 4 members (excludes halogenated alkanes) is 6. The first-order valence-electron chi connectivity index (χ1n) is 9.22. The lowest BCUT2D eigenvalue weighted by molar-refractivity contribution is 0.0458. The lowest BCUT2D eigenvalue weighted by Crippen LogP contribution is -2.17. The first-order chi connectivity index (χ1) is 11.2. The van der Waals surface area contributed by atoms with Crippen molar-refractivity contribution >= 4 is 0 Å². The quantitative estimate of drug-likeness (QED) is 0.379. The summed E-state index contributed by atoms with van der Waals surface area (Å²) in [6.45, 7) is 5.00. The van der Waals surface area contributed by atoms with Gasteiger partial charge in [-0.05, 0) is 24.5 Å². The van der Waals surface area contributed by atoms with Crippen LogP contribution in [-0.2, 0) is 11.2 Å². The molecule has 0 aromatic heterocycles. The van der Waals surface area contributed by atoms with Gasteiger partial charge in [-0.3, -0.25) is 0 Å². The second-order valence-corrected chi connectivity index (χ2v) is 6.34. The molecular formula is C20H32F2O. The average molecular weight is 326 g/mol. The SMILES string of the molecule is CCCCCCCCCC(Cc1ccc(F)cc1F)OCCC. The maximum absolute atomic E-state index is 13.8. The molecule has 3 heteroatoms. The van der Waals surface area contributed by atoms with Crippen LogP contribution in [0.15, 0.2) is 18.2 Å². The van der Waals surface area contributed by atoms with Crippen molar-refractivity contribution in [3.63, 3.8) is 0 Å². The number of ether oxygens (including phenoxy) is 1. The molecule has 0 aliphatic rings. The lowest BCUT2D eigenvalue weighted by atomic mass is 10.0. The molecule has 0 saturated heterocycles. The average Bonchev–Trinajstić information content (AvgIpc) is 2.53. The van der Waals surface area contributed by atoms with Crippen molar-refractivity contribution in [2.75, 3.05) is 6.61 Å². The summed E-state index contributed by atoms with van der Waals surface area (Å²) in [5.74, 6) is -0.987. The van der Waals surface area contributed by atoms with E-state index in [-0.39, 0.29) is 6.10 Å². The predicted octanol–water partition coefficient (Wildman–Crippen LogP) is 6.44. The Bertz CT molecular complexity index is 420. The Hall–Kier alpha value is -0.960. The molecule has 1 unspecified atom stereocenters. The Morgan fingerprint density at radius 3 is 2.26 bits per heavy atom. The van der Waals surface area contributed by atoms with E-state index in [1.165, 1.54) is 50.7 Å².